The highest BCUT2D eigenvalue weighted by molar-refractivity contribution is 7.89. The molecule has 1 aromatic rings. The number of nitrogens with two attached hydrogens (primary N) is 1. The molecule has 0 fully saturated rings. The van der Waals surface area contributed by atoms with Gasteiger partial charge in [0.15, 0.2) is 0 Å². The largest absolute Gasteiger partial charge is 0.329 e. The summed E-state index contributed by atoms with van der Waals surface area (Å²) in [5, 5.41) is 0. The van der Waals surface area contributed by atoms with E-state index in [4.69, 9.17) is 5.73 Å². The van der Waals surface area contributed by atoms with E-state index in [-0.39, 0.29) is 16.9 Å². The second kappa shape index (κ2) is 5.34. The van der Waals surface area contributed by atoms with Crippen molar-refractivity contribution in [2.45, 2.75) is 31.7 Å². The van der Waals surface area contributed by atoms with Crippen LogP contribution in [0.5, 0.6) is 0 Å². The van der Waals surface area contributed by atoms with E-state index in [9.17, 15) is 12.8 Å². The standard InChI is InChI=1S/C12H19FN2O2S/c1-12(2,3)11(8-14)15-18(16,17)10-6-4-5-9(13)7-10/h4-7,11,15H,8,14H2,1-3H3. The van der Waals surface area contributed by atoms with Crippen molar-refractivity contribution in [1.29, 1.82) is 0 Å². The average molecular weight is 274 g/mol. The minimum absolute atomic E-state index is 0.0924. The predicted octanol–water partition coefficient (Wildman–Crippen LogP) is 1.48. The van der Waals surface area contributed by atoms with Gasteiger partial charge in [0.25, 0.3) is 0 Å². The van der Waals surface area contributed by atoms with Crippen LogP contribution in [0.2, 0.25) is 0 Å². The second-order valence-corrected chi connectivity index (χ2v) is 6.95. The summed E-state index contributed by atoms with van der Waals surface area (Å²) >= 11 is 0. The van der Waals surface area contributed by atoms with Gasteiger partial charge in [0.2, 0.25) is 10.0 Å². The van der Waals surface area contributed by atoms with Crippen molar-refractivity contribution in [3.05, 3.63) is 30.1 Å². The summed E-state index contributed by atoms with van der Waals surface area (Å²) in [5.74, 6) is -0.585. The molecule has 1 atom stereocenters. The van der Waals surface area contributed by atoms with Gasteiger partial charge in [0, 0.05) is 12.6 Å². The molecule has 6 heteroatoms. The molecule has 3 N–H and O–H groups in total. The SMILES string of the molecule is CC(C)(C)C(CN)NS(=O)(=O)c1cccc(F)c1. The first-order valence-corrected chi connectivity index (χ1v) is 7.13. The van der Waals surface area contributed by atoms with Gasteiger partial charge in [-0.05, 0) is 23.6 Å². The van der Waals surface area contributed by atoms with Crippen molar-refractivity contribution < 1.29 is 12.8 Å². The van der Waals surface area contributed by atoms with Crippen LogP contribution in [0, 0.1) is 11.2 Å². The van der Waals surface area contributed by atoms with E-state index in [1.807, 2.05) is 20.8 Å². The van der Waals surface area contributed by atoms with Gasteiger partial charge < -0.3 is 5.73 Å². The molecule has 0 aliphatic rings. The quantitative estimate of drug-likeness (QED) is 0.873. The zero-order valence-electron chi connectivity index (χ0n) is 10.8. The molecule has 0 bridgehead atoms. The third kappa shape index (κ3) is 3.76. The van der Waals surface area contributed by atoms with Gasteiger partial charge in [-0.1, -0.05) is 26.8 Å². The van der Waals surface area contributed by atoms with Gasteiger partial charge in [-0.3, -0.25) is 0 Å². The summed E-state index contributed by atoms with van der Waals surface area (Å²) in [4.78, 5) is -0.0924. The molecule has 0 radical (unpaired) electrons. The average Bonchev–Trinajstić information content (AvgIpc) is 2.24. The molecule has 0 aliphatic carbocycles. The summed E-state index contributed by atoms with van der Waals surface area (Å²) in [5.41, 5.74) is 5.26. The minimum Gasteiger partial charge on any atom is -0.329 e. The van der Waals surface area contributed by atoms with E-state index in [1.165, 1.54) is 18.2 Å². The van der Waals surface area contributed by atoms with Crippen molar-refractivity contribution in [3.63, 3.8) is 0 Å². The smallest absolute Gasteiger partial charge is 0.240 e. The number of rotatable bonds is 4. The highest BCUT2D eigenvalue weighted by atomic mass is 32.2. The van der Waals surface area contributed by atoms with Gasteiger partial charge in [-0.15, -0.1) is 0 Å². The summed E-state index contributed by atoms with van der Waals surface area (Å²) in [7, 11) is -3.75. The first kappa shape index (κ1) is 15.1. The fourth-order valence-electron chi connectivity index (χ4n) is 1.47. The van der Waals surface area contributed by atoms with Crippen molar-refractivity contribution in [3.8, 4) is 0 Å². The Kier molecular flexibility index (Phi) is 4.47. The number of hydrogen-bond donors (Lipinski definition) is 2. The molecule has 0 heterocycles. The molecule has 0 saturated carbocycles. The van der Waals surface area contributed by atoms with Crippen molar-refractivity contribution in [2.24, 2.45) is 11.1 Å². The molecule has 4 nitrogen and oxygen atoms in total. The van der Waals surface area contributed by atoms with Gasteiger partial charge in [0.1, 0.15) is 5.82 Å². The molecule has 1 rings (SSSR count). The Morgan fingerprint density at radius 1 is 1.39 bits per heavy atom. The summed E-state index contributed by atoms with van der Waals surface area (Å²) < 4.78 is 39.7. The van der Waals surface area contributed by atoms with Gasteiger partial charge in [0.05, 0.1) is 4.90 Å². The maximum absolute atomic E-state index is 13.0. The Morgan fingerprint density at radius 3 is 2.44 bits per heavy atom. The number of benzene rings is 1. The maximum Gasteiger partial charge on any atom is 0.240 e. The lowest BCUT2D eigenvalue weighted by Crippen LogP contribution is -2.48. The van der Waals surface area contributed by atoms with Crippen molar-refractivity contribution in [1.82, 2.24) is 4.72 Å². The fraction of sp³-hybridized carbons (Fsp3) is 0.500. The monoisotopic (exact) mass is 274 g/mol. The minimum atomic E-state index is -3.75. The highest BCUT2D eigenvalue weighted by Crippen LogP contribution is 2.21. The fourth-order valence-corrected chi connectivity index (χ4v) is 2.95. The molecule has 1 aromatic carbocycles. The predicted molar refractivity (Wildman–Crippen MR) is 69.0 cm³/mol. The van der Waals surface area contributed by atoms with Crippen molar-refractivity contribution in [2.75, 3.05) is 6.54 Å². The first-order chi connectivity index (χ1) is 8.16. The normalized spacial score (nSPS) is 14.5. The Bertz CT molecular complexity index is 509. The third-order valence-electron chi connectivity index (χ3n) is 2.68. The molecular weight excluding hydrogens is 255 g/mol. The van der Waals surface area contributed by atoms with E-state index in [0.29, 0.717) is 0 Å². The number of hydrogen-bond acceptors (Lipinski definition) is 3. The van der Waals surface area contributed by atoms with Crippen LogP contribution in [0.3, 0.4) is 0 Å². The molecule has 0 aromatic heterocycles. The number of sulfonamides is 1. The van der Waals surface area contributed by atoms with Crippen LogP contribution < -0.4 is 10.5 Å². The van der Waals surface area contributed by atoms with Crippen LogP contribution in [-0.4, -0.2) is 21.0 Å². The van der Waals surface area contributed by atoms with Gasteiger partial charge in [-0.25, -0.2) is 17.5 Å². The van der Waals surface area contributed by atoms with Crippen LogP contribution >= 0.6 is 0 Å². The lowest BCUT2D eigenvalue weighted by molar-refractivity contribution is 0.304. The van der Waals surface area contributed by atoms with Crippen LogP contribution in [0.1, 0.15) is 20.8 Å². The zero-order chi connectivity index (χ0) is 14.0. The molecule has 0 spiro atoms. The van der Waals surface area contributed by atoms with Crippen LogP contribution in [0.25, 0.3) is 0 Å². The third-order valence-corrected chi connectivity index (χ3v) is 4.15. The number of halogens is 1. The van der Waals surface area contributed by atoms with E-state index >= 15 is 0 Å². The Hall–Kier alpha value is -0.980. The van der Waals surface area contributed by atoms with Crippen LogP contribution in [0.4, 0.5) is 4.39 Å². The van der Waals surface area contributed by atoms with E-state index < -0.39 is 21.9 Å². The van der Waals surface area contributed by atoms with Crippen LogP contribution in [0.15, 0.2) is 29.2 Å². The molecule has 18 heavy (non-hydrogen) atoms. The summed E-state index contributed by atoms with van der Waals surface area (Å²) in [6.45, 7) is 5.84. The molecule has 0 aliphatic heterocycles. The van der Waals surface area contributed by atoms with E-state index in [2.05, 4.69) is 4.72 Å². The van der Waals surface area contributed by atoms with Crippen LogP contribution in [-0.2, 0) is 10.0 Å². The summed E-state index contributed by atoms with van der Waals surface area (Å²) in [6.07, 6.45) is 0. The topological polar surface area (TPSA) is 72.2 Å². The first-order valence-electron chi connectivity index (χ1n) is 5.65. The maximum atomic E-state index is 13.0. The Balaban J connectivity index is 3.02. The van der Waals surface area contributed by atoms with E-state index in [1.54, 1.807) is 0 Å². The molecule has 0 amide bonds. The van der Waals surface area contributed by atoms with Crippen molar-refractivity contribution >= 4 is 10.0 Å². The molecule has 102 valence electrons. The lowest BCUT2D eigenvalue weighted by atomic mass is 9.88. The van der Waals surface area contributed by atoms with E-state index in [0.717, 1.165) is 6.07 Å². The Labute approximate surface area is 107 Å². The highest BCUT2D eigenvalue weighted by Gasteiger charge is 2.28. The molecule has 0 saturated heterocycles. The van der Waals surface area contributed by atoms with Gasteiger partial charge in [-0.2, -0.15) is 0 Å². The second-order valence-electron chi connectivity index (χ2n) is 5.23. The molecular formula is C12H19FN2O2S. The zero-order valence-corrected chi connectivity index (χ0v) is 11.6. The molecule has 1 unspecified atom stereocenters. The summed E-state index contributed by atoms with van der Waals surface area (Å²) in [6, 6.07) is 4.48. The number of nitrogens with one attached hydrogen (secondary N) is 1. The van der Waals surface area contributed by atoms with Gasteiger partial charge >= 0.3 is 0 Å². The Morgan fingerprint density at radius 2 is 2.00 bits per heavy atom. The lowest BCUT2D eigenvalue weighted by Gasteiger charge is -2.30.